The summed E-state index contributed by atoms with van der Waals surface area (Å²) in [7, 11) is 0. The number of aliphatic carboxylic acids is 1. The van der Waals surface area contributed by atoms with Crippen molar-refractivity contribution in [2.75, 3.05) is 0 Å². The molecule has 1 amide bonds. The van der Waals surface area contributed by atoms with E-state index in [1.54, 1.807) is 0 Å². The molecule has 0 radical (unpaired) electrons. The summed E-state index contributed by atoms with van der Waals surface area (Å²) in [4.78, 5) is 22.3. The van der Waals surface area contributed by atoms with Crippen molar-refractivity contribution in [1.82, 2.24) is 5.32 Å². The fourth-order valence-electron chi connectivity index (χ4n) is 1.99. The van der Waals surface area contributed by atoms with Crippen LogP contribution in [0.5, 0.6) is 0 Å². The smallest absolute Gasteiger partial charge is 0.416 e. The van der Waals surface area contributed by atoms with Crippen molar-refractivity contribution in [3.05, 3.63) is 47.7 Å². The summed E-state index contributed by atoms with van der Waals surface area (Å²) < 4.78 is 42.4. The van der Waals surface area contributed by atoms with Gasteiger partial charge < -0.3 is 15.2 Å². The normalized spacial score (nSPS) is 12.3. The molecule has 132 valence electrons. The molecule has 0 bridgehead atoms. The molecule has 5 nitrogen and oxygen atoms in total. The number of benzene rings is 1. The maximum absolute atomic E-state index is 12.5. The van der Waals surface area contributed by atoms with Gasteiger partial charge in [-0.25, -0.2) is 4.79 Å². The maximum Gasteiger partial charge on any atom is 0.416 e. The number of ether oxygens (including phenoxy) is 1. The molecule has 0 unspecified atom stereocenters. The molecule has 1 aromatic carbocycles. The summed E-state index contributed by atoms with van der Waals surface area (Å²) in [6.07, 6.45) is -5.12. The van der Waals surface area contributed by atoms with Gasteiger partial charge in [-0.05, 0) is 37.5 Å². The van der Waals surface area contributed by atoms with E-state index in [9.17, 15) is 22.8 Å². The molecule has 0 saturated heterocycles. The third kappa shape index (κ3) is 7.17. The fourth-order valence-corrected chi connectivity index (χ4v) is 1.99. The van der Waals surface area contributed by atoms with E-state index >= 15 is 0 Å². The number of carbonyl (C=O) groups is 2. The van der Waals surface area contributed by atoms with E-state index in [-0.39, 0.29) is 25.0 Å². The van der Waals surface area contributed by atoms with E-state index in [1.807, 2.05) is 0 Å². The molecule has 0 heterocycles. The molecule has 0 aliphatic carbocycles. The second kappa shape index (κ2) is 8.37. The second-order valence-electron chi connectivity index (χ2n) is 5.26. The van der Waals surface area contributed by atoms with Crippen LogP contribution in [0.25, 0.3) is 0 Å². The molecule has 0 saturated carbocycles. The molecule has 0 spiro atoms. The third-order valence-electron chi connectivity index (χ3n) is 3.06. The largest absolute Gasteiger partial charge is 0.481 e. The average Bonchev–Trinajstić information content (AvgIpc) is 2.43. The number of halogens is 3. The highest BCUT2D eigenvalue weighted by Gasteiger charge is 2.30. The number of amides is 1. The van der Waals surface area contributed by atoms with Gasteiger partial charge in [-0.1, -0.05) is 18.7 Å². The Labute approximate surface area is 137 Å². The summed E-state index contributed by atoms with van der Waals surface area (Å²) in [6.45, 7) is 4.88. The van der Waals surface area contributed by atoms with Crippen LogP contribution >= 0.6 is 0 Å². The Kier molecular flexibility index (Phi) is 6.82. The van der Waals surface area contributed by atoms with Crippen molar-refractivity contribution >= 4 is 12.1 Å². The Balaban J connectivity index is 2.77. The van der Waals surface area contributed by atoms with Crippen molar-refractivity contribution in [3.63, 3.8) is 0 Å². The highest BCUT2D eigenvalue weighted by molar-refractivity contribution is 5.69. The number of hydrogen-bond acceptors (Lipinski definition) is 3. The van der Waals surface area contributed by atoms with E-state index in [0.717, 1.165) is 12.1 Å². The molecule has 0 aliphatic rings. The number of alkyl halides is 3. The summed E-state index contributed by atoms with van der Waals surface area (Å²) in [5.74, 6) is -0.874. The SMILES string of the molecule is C=C(C)OC(=O)N[C@H](CCC(=O)O)Cc1ccc(C(F)(F)F)cc1. The first-order chi connectivity index (χ1) is 11.1. The van der Waals surface area contributed by atoms with Crippen LogP contribution in [0, 0.1) is 0 Å². The Bertz CT molecular complexity index is 596. The standard InChI is InChI=1S/C16H18F3NO4/c1-10(2)24-15(23)20-13(7-8-14(21)22)9-11-3-5-12(6-4-11)16(17,18)19/h3-6,13H,1,7-9H2,2H3,(H,20,23)(H,21,22)/t13-/m1/s1. The summed E-state index contributed by atoms with van der Waals surface area (Å²) >= 11 is 0. The van der Waals surface area contributed by atoms with Crippen molar-refractivity contribution in [3.8, 4) is 0 Å². The first-order valence-corrected chi connectivity index (χ1v) is 7.09. The molecule has 24 heavy (non-hydrogen) atoms. The number of carboxylic acid groups (broad SMARTS) is 1. The van der Waals surface area contributed by atoms with Crippen LogP contribution < -0.4 is 5.32 Å². The number of alkyl carbamates (subject to hydrolysis) is 1. The average molecular weight is 345 g/mol. The lowest BCUT2D eigenvalue weighted by Crippen LogP contribution is -2.37. The van der Waals surface area contributed by atoms with E-state index in [0.29, 0.717) is 5.56 Å². The first kappa shape index (κ1) is 19.5. The van der Waals surface area contributed by atoms with Gasteiger partial charge in [-0.3, -0.25) is 4.79 Å². The number of carbonyl (C=O) groups excluding carboxylic acids is 1. The number of nitrogens with one attached hydrogen (secondary N) is 1. The van der Waals surface area contributed by atoms with Crippen LogP contribution in [0.2, 0.25) is 0 Å². The topological polar surface area (TPSA) is 75.6 Å². The van der Waals surface area contributed by atoms with Crippen molar-refractivity contribution in [1.29, 1.82) is 0 Å². The molecule has 1 aromatic rings. The lowest BCUT2D eigenvalue weighted by atomic mass is 10.0. The van der Waals surface area contributed by atoms with E-state index < -0.39 is 29.8 Å². The van der Waals surface area contributed by atoms with Crippen molar-refractivity contribution in [2.45, 2.75) is 38.4 Å². The predicted molar refractivity (Wildman–Crippen MR) is 80.2 cm³/mol. The van der Waals surface area contributed by atoms with E-state index in [1.165, 1.54) is 19.1 Å². The summed E-state index contributed by atoms with van der Waals surface area (Å²) in [6, 6.07) is 3.88. The van der Waals surface area contributed by atoms with E-state index in [4.69, 9.17) is 9.84 Å². The number of hydrogen-bond donors (Lipinski definition) is 2. The third-order valence-corrected chi connectivity index (χ3v) is 3.06. The van der Waals surface area contributed by atoms with Gasteiger partial charge in [0.1, 0.15) is 0 Å². The number of rotatable bonds is 7. The van der Waals surface area contributed by atoms with Gasteiger partial charge in [-0.15, -0.1) is 0 Å². The Morgan fingerprint density at radius 2 is 1.88 bits per heavy atom. The number of allylic oxidation sites excluding steroid dienone is 1. The summed E-state index contributed by atoms with van der Waals surface area (Å²) in [5, 5.41) is 11.2. The number of carboxylic acids is 1. The zero-order chi connectivity index (χ0) is 18.3. The van der Waals surface area contributed by atoms with Crippen LogP contribution in [0.1, 0.15) is 30.9 Å². The van der Waals surface area contributed by atoms with Crippen LogP contribution in [0.15, 0.2) is 36.6 Å². The molecular formula is C16H18F3NO4. The van der Waals surface area contributed by atoms with Crippen LogP contribution in [-0.4, -0.2) is 23.2 Å². The van der Waals surface area contributed by atoms with Crippen LogP contribution in [0.4, 0.5) is 18.0 Å². The molecule has 8 heteroatoms. The Morgan fingerprint density at radius 3 is 2.33 bits per heavy atom. The minimum Gasteiger partial charge on any atom is -0.481 e. The predicted octanol–water partition coefficient (Wildman–Crippen LogP) is 3.74. The molecule has 2 N–H and O–H groups in total. The highest BCUT2D eigenvalue weighted by Crippen LogP contribution is 2.29. The zero-order valence-electron chi connectivity index (χ0n) is 13.0. The minimum atomic E-state index is -4.43. The monoisotopic (exact) mass is 345 g/mol. The van der Waals surface area contributed by atoms with Gasteiger partial charge in [0.15, 0.2) is 0 Å². The van der Waals surface area contributed by atoms with Crippen molar-refractivity contribution in [2.24, 2.45) is 0 Å². The van der Waals surface area contributed by atoms with Gasteiger partial charge in [0.05, 0.1) is 11.3 Å². The quantitative estimate of drug-likeness (QED) is 0.738. The second-order valence-corrected chi connectivity index (χ2v) is 5.26. The Morgan fingerprint density at radius 1 is 1.29 bits per heavy atom. The van der Waals surface area contributed by atoms with Crippen molar-refractivity contribution < 1.29 is 32.6 Å². The van der Waals surface area contributed by atoms with Crippen LogP contribution in [-0.2, 0) is 22.1 Å². The zero-order valence-corrected chi connectivity index (χ0v) is 13.0. The van der Waals surface area contributed by atoms with Gasteiger partial charge in [0.25, 0.3) is 0 Å². The van der Waals surface area contributed by atoms with Gasteiger partial charge >= 0.3 is 18.2 Å². The fraction of sp³-hybridized carbons (Fsp3) is 0.375. The highest BCUT2D eigenvalue weighted by atomic mass is 19.4. The first-order valence-electron chi connectivity index (χ1n) is 7.09. The van der Waals surface area contributed by atoms with Crippen LogP contribution in [0.3, 0.4) is 0 Å². The van der Waals surface area contributed by atoms with Gasteiger partial charge in [0, 0.05) is 12.5 Å². The minimum absolute atomic E-state index is 0.113. The van der Waals surface area contributed by atoms with Gasteiger partial charge in [-0.2, -0.15) is 13.2 Å². The molecule has 1 atom stereocenters. The molecular weight excluding hydrogens is 327 g/mol. The van der Waals surface area contributed by atoms with Gasteiger partial charge in [0.2, 0.25) is 0 Å². The maximum atomic E-state index is 12.5. The molecule has 1 rings (SSSR count). The summed E-state index contributed by atoms with van der Waals surface area (Å²) in [5.41, 5.74) is -0.239. The van der Waals surface area contributed by atoms with E-state index in [2.05, 4.69) is 11.9 Å². The molecule has 0 aromatic heterocycles. The molecule has 0 fully saturated rings. The Hall–Kier alpha value is -2.51. The lowest BCUT2D eigenvalue weighted by Gasteiger charge is -2.18. The lowest BCUT2D eigenvalue weighted by molar-refractivity contribution is -0.138. The molecule has 0 aliphatic heterocycles.